The first-order valence-electron chi connectivity index (χ1n) is 5.66. The van der Waals surface area contributed by atoms with E-state index >= 15 is 0 Å². The van der Waals surface area contributed by atoms with Crippen molar-refractivity contribution in [2.24, 2.45) is 11.7 Å². The van der Waals surface area contributed by atoms with Gasteiger partial charge < -0.3 is 10.2 Å². The lowest BCUT2D eigenvalue weighted by atomic mass is 10.2. The summed E-state index contributed by atoms with van der Waals surface area (Å²) >= 11 is 0. The Labute approximate surface area is 91.2 Å². The molecule has 2 N–H and O–H groups in total. The fraction of sp³-hybridized carbons (Fsp3) is 0.667. The molecule has 3 heteroatoms. The van der Waals surface area contributed by atoms with Crippen LogP contribution in [0.2, 0.25) is 0 Å². The molecule has 1 fully saturated rings. The van der Waals surface area contributed by atoms with Crippen LogP contribution >= 0.6 is 0 Å². The maximum Gasteiger partial charge on any atom is 0.118 e. The van der Waals surface area contributed by atoms with Crippen molar-refractivity contribution in [2.75, 3.05) is 13.6 Å². The molecular weight excluding hydrogens is 188 g/mol. The van der Waals surface area contributed by atoms with Crippen molar-refractivity contribution in [2.45, 2.75) is 32.9 Å². The van der Waals surface area contributed by atoms with Crippen molar-refractivity contribution in [3.05, 3.63) is 23.2 Å². The molecule has 0 radical (unpaired) electrons. The van der Waals surface area contributed by atoms with E-state index in [9.17, 15) is 0 Å². The highest BCUT2D eigenvalue weighted by Gasteiger charge is 2.23. The third-order valence-corrected chi connectivity index (χ3v) is 2.98. The summed E-state index contributed by atoms with van der Waals surface area (Å²) in [5, 5.41) is 0. The Hall–Kier alpha value is -0.800. The fourth-order valence-corrected chi connectivity index (χ4v) is 1.94. The summed E-state index contributed by atoms with van der Waals surface area (Å²) in [7, 11) is 2.15. The molecule has 0 bridgehead atoms. The Kier molecular flexibility index (Phi) is 3.12. The standard InChI is InChI=1S/C12H20N2O/c1-9-11(6-13)5-12(15-9)8-14(2)7-10-3-4-10/h5,10H,3-4,6-8,13H2,1-2H3. The van der Waals surface area contributed by atoms with Crippen LogP contribution in [0.5, 0.6) is 0 Å². The maximum absolute atomic E-state index is 5.66. The smallest absolute Gasteiger partial charge is 0.118 e. The molecule has 0 saturated heterocycles. The topological polar surface area (TPSA) is 42.4 Å². The Morgan fingerprint density at radius 1 is 1.53 bits per heavy atom. The van der Waals surface area contributed by atoms with Crippen LogP contribution in [0, 0.1) is 12.8 Å². The summed E-state index contributed by atoms with van der Waals surface area (Å²) in [6.07, 6.45) is 2.80. The minimum absolute atomic E-state index is 0.571. The molecule has 0 unspecified atom stereocenters. The first-order chi connectivity index (χ1) is 7.19. The van der Waals surface area contributed by atoms with Crippen molar-refractivity contribution >= 4 is 0 Å². The van der Waals surface area contributed by atoms with E-state index < -0.39 is 0 Å². The van der Waals surface area contributed by atoms with Crippen LogP contribution in [0.25, 0.3) is 0 Å². The van der Waals surface area contributed by atoms with Gasteiger partial charge in [-0.2, -0.15) is 0 Å². The van der Waals surface area contributed by atoms with Crippen LogP contribution in [-0.4, -0.2) is 18.5 Å². The molecule has 3 nitrogen and oxygen atoms in total. The molecule has 15 heavy (non-hydrogen) atoms. The average Bonchev–Trinajstić information content (AvgIpc) is 2.90. The number of hydrogen-bond donors (Lipinski definition) is 1. The summed E-state index contributed by atoms with van der Waals surface area (Å²) < 4.78 is 5.66. The van der Waals surface area contributed by atoms with Gasteiger partial charge in [-0.25, -0.2) is 0 Å². The van der Waals surface area contributed by atoms with Gasteiger partial charge in [-0.3, -0.25) is 4.90 Å². The number of furan rings is 1. The number of aryl methyl sites for hydroxylation is 1. The molecule has 0 spiro atoms. The Morgan fingerprint density at radius 2 is 2.27 bits per heavy atom. The van der Waals surface area contributed by atoms with Crippen molar-refractivity contribution in [3.8, 4) is 0 Å². The predicted molar refractivity (Wildman–Crippen MR) is 60.4 cm³/mol. The molecule has 1 aromatic rings. The van der Waals surface area contributed by atoms with Gasteiger partial charge in [0.15, 0.2) is 0 Å². The van der Waals surface area contributed by atoms with Crippen LogP contribution in [0.15, 0.2) is 10.5 Å². The molecule has 1 aliphatic carbocycles. The molecule has 0 aromatic carbocycles. The Bertz CT molecular complexity index is 328. The van der Waals surface area contributed by atoms with Gasteiger partial charge in [-0.1, -0.05) is 0 Å². The summed E-state index contributed by atoms with van der Waals surface area (Å²) in [5.41, 5.74) is 6.74. The van der Waals surface area contributed by atoms with Crippen molar-refractivity contribution in [3.63, 3.8) is 0 Å². The molecule has 2 rings (SSSR count). The molecular formula is C12H20N2O. The molecule has 0 aliphatic heterocycles. The minimum atomic E-state index is 0.571. The van der Waals surface area contributed by atoms with Gasteiger partial charge in [0.05, 0.1) is 6.54 Å². The second-order valence-corrected chi connectivity index (χ2v) is 4.64. The average molecular weight is 208 g/mol. The van der Waals surface area contributed by atoms with Crippen LogP contribution in [0.3, 0.4) is 0 Å². The van der Waals surface area contributed by atoms with E-state index in [1.807, 2.05) is 6.92 Å². The third-order valence-electron chi connectivity index (χ3n) is 2.98. The van der Waals surface area contributed by atoms with Gasteiger partial charge in [0.2, 0.25) is 0 Å². The number of nitrogens with zero attached hydrogens (tertiary/aromatic N) is 1. The van der Waals surface area contributed by atoms with Gasteiger partial charge in [0, 0.05) is 18.7 Å². The zero-order chi connectivity index (χ0) is 10.8. The zero-order valence-electron chi connectivity index (χ0n) is 9.62. The zero-order valence-corrected chi connectivity index (χ0v) is 9.62. The summed E-state index contributed by atoms with van der Waals surface area (Å²) in [4.78, 5) is 2.33. The second kappa shape index (κ2) is 4.37. The molecule has 1 saturated carbocycles. The van der Waals surface area contributed by atoms with E-state index in [1.165, 1.54) is 19.4 Å². The van der Waals surface area contributed by atoms with E-state index in [4.69, 9.17) is 10.2 Å². The fourth-order valence-electron chi connectivity index (χ4n) is 1.94. The first-order valence-corrected chi connectivity index (χ1v) is 5.66. The van der Waals surface area contributed by atoms with E-state index in [-0.39, 0.29) is 0 Å². The largest absolute Gasteiger partial charge is 0.465 e. The highest BCUT2D eigenvalue weighted by Crippen LogP contribution is 2.29. The summed E-state index contributed by atoms with van der Waals surface area (Å²) in [5.74, 6) is 2.93. The van der Waals surface area contributed by atoms with Gasteiger partial charge >= 0.3 is 0 Å². The Morgan fingerprint density at radius 3 is 2.80 bits per heavy atom. The predicted octanol–water partition coefficient (Wildman–Crippen LogP) is 1.89. The molecule has 1 aromatic heterocycles. The van der Waals surface area contributed by atoms with Crippen molar-refractivity contribution < 1.29 is 4.42 Å². The molecule has 0 atom stereocenters. The lowest BCUT2D eigenvalue weighted by Crippen LogP contribution is -2.19. The number of nitrogens with two attached hydrogens (primary N) is 1. The monoisotopic (exact) mass is 208 g/mol. The molecule has 1 heterocycles. The normalized spacial score (nSPS) is 16.3. The SMILES string of the molecule is Cc1oc(CN(C)CC2CC2)cc1CN. The maximum atomic E-state index is 5.66. The quantitative estimate of drug-likeness (QED) is 0.803. The van der Waals surface area contributed by atoms with Crippen LogP contribution in [0.1, 0.15) is 29.9 Å². The van der Waals surface area contributed by atoms with Gasteiger partial charge in [0.25, 0.3) is 0 Å². The first kappa shape index (κ1) is 10.7. The van der Waals surface area contributed by atoms with Gasteiger partial charge in [0.1, 0.15) is 11.5 Å². The van der Waals surface area contributed by atoms with Crippen LogP contribution in [-0.2, 0) is 13.1 Å². The number of rotatable bonds is 5. The highest BCUT2D eigenvalue weighted by molar-refractivity contribution is 5.20. The Balaban J connectivity index is 1.90. The third kappa shape index (κ3) is 2.83. The molecule has 0 amide bonds. The van der Waals surface area contributed by atoms with Gasteiger partial charge in [-0.15, -0.1) is 0 Å². The number of hydrogen-bond acceptors (Lipinski definition) is 3. The lowest BCUT2D eigenvalue weighted by molar-refractivity contribution is 0.282. The minimum Gasteiger partial charge on any atom is -0.465 e. The van der Waals surface area contributed by atoms with E-state index in [1.54, 1.807) is 0 Å². The van der Waals surface area contributed by atoms with E-state index in [0.717, 1.165) is 29.5 Å². The van der Waals surface area contributed by atoms with E-state index in [0.29, 0.717) is 6.54 Å². The molecule has 84 valence electrons. The van der Waals surface area contributed by atoms with Crippen LogP contribution < -0.4 is 5.73 Å². The van der Waals surface area contributed by atoms with E-state index in [2.05, 4.69) is 18.0 Å². The van der Waals surface area contributed by atoms with Crippen molar-refractivity contribution in [1.82, 2.24) is 4.90 Å². The lowest BCUT2D eigenvalue weighted by Gasteiger charge is -2.13. The second-order valence-electron chi connectivity index (χ2n) is 4.64. The van der Waals surface area contributed by atoms with Crippen LogP contribution in [0.4, 0.5) is 0 Å². The summed E-state index contributed by atoms with van der Waals surface area (Å²) in [6.45, 7) is 4.64. The van der Waals surface area contributed by atoms with Crippen molar-refractivity contribution in [1.29, 1.82) is 0 Å². The van der Waals surface area contributed by atoms with Gasteiger partial charge in [-0.05, 0) is 38.8 Å². The molecule has 1 aliphatic rings. The highest BCUT2D eigenvalue weighted by atomic mass is 16.3. The summed E-state index contributed by atoms with van der Waals surface area (Å²) in [6, 6.07) is 2.08.